The zero-order chi connectivity index (χ0) is 18.4. The van der Waals surface area contributed by atoms with Crippen LogP contribution in [0, 0.1) is 5.92 Å². The summed E-state index contributed by atoms with van der Waals surface area (Å²) in [4.78, 5) is 25.5. The third-order valence-corrected chi connectivity index (χ3v) is 4.88. The summed E-state index contributed by atoms with van der Waals surface area (Å²) in [5, 5.41) is 0. The van der Waals surface area contributed by atoms with Crippen molar-refractivity contribution in [2.75, 3.05) is 0 Å². The van der Waals surface area contributed by atoms with Crippen LogP contribution in [-0.2, 0) is 4.43 Å². The van der Waals surface area contributed by atoms with E-state index < -0.39 is 14.4 Å². The van der Waals surface area contributed by atoms with Crippen LogP contribution in [0.4, 0.5) is 0 Å². The number of carbonyl (C=O) groups excluding carboxylic acids is 2. The molecule has 2 aromatic carbocycles. The summed E-state index contributed by atoms with van der Waals surface area (Å²) in [5.41, 5.74) is 1.30. The number of hydrogen-bond donors (Lipinski definition) is 0. The Bertz CT molecular complexity index is 705. The largest absolute Gasteiger partial charge is 0.407 e. The average Bonchev–Trinajstić information content (AvgIpc) is 2.59. The van der Waals surface area contributed by atoms with Crippen LogP contribution in [0.3, 0.4) is 0 Å². The Balaban J connectivity index is 2.19. The summed E-state index contributed by atoms with van der Waals surface area (Å²) in [6, 6.07) is 18.4. The van der Waals surface area contributed by atoms with Gasteiger partial charge in [-0.3, -0.25) is 9.59 Å². The van der Waals surface area contributed by atoms with Crippen LogP contribution in [0.1, 0.15) is 34.1 Å². The Morgan fingerprint density at radius 2 is 1.36 bits per heavy atom. The lowest BCUT2D eigenvalue weighted by Crippen LogP contribution is -2.41. The molecule has 3 nitrogen and oxygen atoms in total. The van der Waals surface area contributed by atoms with Crippen LogP contribution in [0.5, 0.6) is 0 Å². The first kappa shape index (κ1) is 19.3. The molecule has 2 atom stereocenters. The molecule has 132 valence electrons. The van der Waals surface area contributed by atoms with Crippen molar-refractivity contribution in [1.29, 1.82) is 0 Å². The second-order valence-electron chi connectivity index (χ2n) is 7.35. The quantitative estimate of drug-likeness (QED) is 0.495. The molecule has 0 N–H and O–H groups in total. The molecular weight excluding hydrogens is 328 g/mol. The molecule has 0 unspecified atom stereocenters. The van der Waals surface area contributed by atoms with Crippen LogP contribution in [-0.4, -0.2) is 26.0 Å². The molecule has 0 saturated heterocycles. The van der Waals surface area contributed by atoms with Crippen molar-refractivity contribution < 1.29 is 14.0 Å². The van der Waals surface area contributed by atoms with Crippen molar-refractivity contribution in [3.05, 3.63) is 71.8 Å². The van der Waals surface area contributed by atoms with E-state index in [9.17, 15) is 9.59 Å². The zero-order valence-electron chi connectivity index (χ0n) is 15.4. The van der Waals surface area contributed by atoms with E-state index >= 15 is 0 Å². The summed E-state index contributed by atoms with van der Waals surface area (Å²) in [7, 11) is -1.94. The highest BCUT2D eigenvalue weighted by Gasteiger charge is 2.32. The van der Waals surface area contributed by atoms with E-state index in [2.05, 4.69) is 19.6 Å². The van der Waals surface area contributed by atoms with Crippen molar-refractivity contribution in [2.24, 2.45) is 5.92 Å². The molecule has 25 heavy (non-hydrogen) atoms. The molecule has 0 fully saturated rings. The topological polar surface area (TPSA) is 43.4 Å². The maximum atomic E-state index is 13.0. The Morgan fingerprint density at radius 3 is 1.84 bits per heavy atom. The number of hydrogen-bond acceptors (Lipinski definition) is 3. The van der Waals surface area contributed by atoms with Gasteiger partial charge in [0.05, 0.1) is 0 Å². The molecule has 0 bridgehead atoms. The zero-order valence-corrected chi connectivity index (χ0v) is 16.4. The molecular formula is C21H26O3Si. The lowest BCUT2D eigenvalue weighted by molar-refractivity contribution is 0.0646. The second kappa shape index (κ2) is 8.36. The monoisotopic (exact) mass is 354 g/mol. The van der Waals surface area contributed by atoms with Crippen molar-refractivity contribution in [1.82, 2.24) is 0 Å². The maximum Gasteiger partial charge on any atom is 0.190 e. The highest BCUT2D eigenvalue weighted by Crippen LogP contribution is 2.23. The fourth-order valence-corrected chi connectivity index (χ4v) is 3.82. The van der Waals surface area contributed by atoms with E-state index in [0.29, 0.717) is 11.1 Å². The van der Waals surface area contributed by atoms with Gasteiger partial charge in [-0.2, -0.15) is 0 Å². The van der Waals surface area contributed by atoms with Gasteiger partial charge < -0.3 is 4.43 Å². The van der Waals surface area contributed by atoms with Crippen LogP contribution >= 0.6 is 0 Å². The van der Waals surface area contributed by atoms with Crippen molar-refractivity contribution in [3.63, 3.8) is 0 Å². The fourth-order valence-electron chi connectivity index (χ4n) is 2.72. The minimum atomic E-state index is -1.94. The minimum Gasteiger partial charge on any atom is -0.407 e. The van der Waals surface area contributed by atoms with Gasteiger partial charge in [0.2, 0.25) is 0 Å². The van der Waals surface area contributed by atoms with E-state index in [0.717, 1.165) is 0 Å². The predicted octanol–water partition coefficient (Wildman–Crippen LogP) is 5.00. The van der Waals surface area contributed by atoms with Gasteiger partial charge in [0.25, 0.3) is 0 Å². The molecule has 0 spiro atoms. The third kappa shape index (κ3) is 5.76. The van der Waals surface area contributed by atoms with E-state index in [1.165, 1.54) is 0 Å². The number of benzene rings is 2. The Kier molecular flexibility index (Phi) is 6.45. The summed E-state index contributed by atoms with van der Waals surface area (Å²) in [6.45, 7) is 8.10. The Hall–Kier alpha value is -2.04. The summed E-state index contributed by atoms with van der Waals surface area (Å²) < 4.78 is 6.19. The van der Waals surface area contributed by atoms with E-state index in [1.807, 2.05) is 55.5 Å². The predicted molar refractivity (Wildman–Crippen MR) is 104 cm³/mol. The van der Waals surface area contributed by atoms with Crippen molar-refractivity contribution >= 4 is 19.9 Å². The van der Waals surface area contributed by atoms with Gasteiger partial charge in [-0.05, 0) is 25.6 Å². The smallest absolute Gasteiger partial charge is 0.190 e. The van der Waals surface area contributed by atoms with E-state index in [4.69, 9.17) is 4.43 Å². The highest BCUT2D eigenvalue weighted by molar-refractivity contribution is 6.70. The van der Waals surface area contributed by atoms with Crippen LogP contribution in [0.2, 0.25) is 19.6 Å². The lowest BCUT2D eigenvalue weighted by Gasteiger charge is -2.29. The first-order chi connectivity index (χ1) is 11.8. The molecule has 0 heterocycles. The number of Topliss-reactive ketones (excluding diaryl/α,β-unsaturated/α-hetero) is 2. The standard InChI is InChI=1S/C21H26O3Si/c1-16(15-19(22)17-11-7-5-8-12-17)21(24-25(2,3)4)20(23)18-13-9-6-10-14-18/h5-14,16,21H,15H2,1-4H3/t16-,21-/m0/s1. The van der Waals surface area contributed by atoms with Gasteiger partial charge in [0, 0.05) is 17.5 Å². The normalized spacial score (nSPS) is 13.9. The van der Waals surface area contributed by atoms with Crippen LogP contribution < -0.4 is 0 Å². The molecule has 2 aromatic rings. The number of ketones is 2. The Morgan fingerprint density at radius 1 is 0.880 bits per heavy atom. The summed E-state index contributed by atoms with van der Waals surface area (Å²) in [5.74, 6) is -0.193. The fraction of sp³-hybridized carbons (Fsp3) is 0.333. The van der Waals surface area contributed by atoms with Crippen LogP contribution in [0.15, 0.2) is 60.7 Å². The van der Waals surface area contributed by atoms with Crippen LogP contribution in [0.25, 0.3) is 0 Å². The average molecular weight is 355 g/mol. The van der Waals surface area contributed by atoms with E-state index in [1.54, 1.807) is 12.1 Å². The van der Waals surface area contributed by atoms with Gasteiger partial charge in [-0.25, -0.2) is 0 Å². The lowest BCUT2D eigenvalue weighted by atomic mass is 9.90. The molecule has 0 aliphatic heterocycles. The molecule has 0 saturated carbocycles. The van der Waals surface area contributed by atoms with Crippen molar-refractivity contribution in [3.8, 4) is 0 Å². The van der Waals surface area contributed by atoms with Gasteiger partial charge in [0.1, 0.15) is 6.10 Å². The number of rotatable bonds is 8. The molecule has 0 radical (unpaired) electrons. The minimum absolute atomic E-state index is 0.0399. The van der Waals surface area contributed by atoms with Crippen molar-refractivity contribution in [2.45, 2.75) is 39.1 Å². The molecule has 2 rings (SSSR count). The maximum absolute atomic E-state index is 13.0. The summed E-state index contributed by atoms with van der Waals surface area (Å²) in [6.07, 6.45) is -0.306. The Labute approximate surface area is 151 Å². The molecule has 0 amide bonds. The van der Waals surface area contributed by atoms with Gasteiger partial charge in [-0.1, -0.05) is 67.6 Å². The van der Waals surface area contributed by atoms with Gasteiger partial charge in [-0.15, -0.1) is 0 Å². The SMILES string of the molecule is C[C@@H](CC(=O)c1ccccc1)[C@H](O[Si](C)(C)C)C(=O)c1ccccc1. The molecule has 4 heteroatoms. The third-order valence-electron chi connectivity index (χ3n) is 3.92. The summed E-state index contributed by atoms with van der Waals surface area (Å²) >= 11 is 0. The van der Waals surface area contributed by atoms with E-state index in [-0.39, 0.29) is 23.9 Å². The number of carbonyl (C=O) groups is 2. The molecule has 0 aliphatic carbocycles. The first-order valence-corrected chi connectivity index (χ1v) is 12.0. The highest BCUT2D eigenvalue weighted by atomic mass is 28.4. The molecule has 0 aromatic heterocycles. The molecule has 0 aliphatic rings. The van der Waals surface area contributed by atoms with Gasteiger partial charge in [0.15, 0.2) is 19.9 Å². The van der Waals surface area contributed by atoms with Gasteiger partial charge >= 0.3 is 0 Å². The second-order valence-corrected chi connectivity index (χ2v) is 11.8. The first-order valence-electron chi connectivity index (χ1n) is 8.63.